The van der Waals surface area contributed by atoms with Gasteiger partial charge >= 0.3 is 0 Å². The van der Waals surface area contributed by atoms with E-state index in [4.69, 9.17) is 9.97 Å². The molecule has 0 aliphatic heterocycles. The molecule has 0 atom stereocenters. The highest BCUT2D eigenvalue weighted by Gasteiger charge is 2.37. The molecule has 328 valence electrons. The number of aromatic nitrogens is 3. The summed E-state index contributed by atoms with van der Waals surface area (Å²) in [6.45, 7) is 4.68. The monoisotopic (exact) mass is 891 g/mol. The number of hydrogen-bond acceptors (Lipinski definition) is 2. The van der Waals surface area contributed by atoms with E-state index in [1.54, 1.807) is 0 Å². The van der Waals surface area contributed by atoms with Crippen LogP contribution >= 0.6 is 0 Å². The van der Waals surface area contributed by atoms with Crippen LogP contribution in [-0.2, 0) is 5.41 Å². The van der Waals surface area contributed by atoms with Gasteiger partial charge in [0.2, 0.25) is 0 Å². The third-order valence-electron chi connectivity index (χ3n) is 15.0. The van der Waals surface area contributed by atoms with Crippen molar-refractivity contribution in [3.63, 3.8) is 0 Å². The lowest BCUT2D eigenvalue weighted by molar-refractivity contribution is 0.660. The van der Waals surface area contributed by atoms with Crippen molar-refractivity contribution in [1.29, 1.82) is 0 Å². The third kappa shape index (κ3) is 6.21. The summed E-state index contributed by atoms with van der Waals surface area (Å²) in [6.07, 6.45) is 0. The van der Waals surface area contributed by atoms with Crippen LogP contribution in [0, 0.1) is 0 Å². The molecule has 0 fully saturated rings. The van der Waals surface area contributed by atoms with Crippen LogP contribution in [0.3, 0.4) is 0 Å². The first-order chi connectivity index (χ1) is 34.5. The lowest BCUT2D eigenvalue weighted by atomic mass is 9.82. The van der Waals surface area contributed by atoms with Gasteiger partial charge in [0, 0.05) is 38.6 Å². The molecule has 0 spiro atoms. The lowest BCUT2D eigenvalue weighted by Gasteiger charge is -2.21. The SMILES string of the molecule is CC1(C)c2ccccc2-c2c(-c3cc(-c4ccccc4)nc(-c4cc(-c5ccc6c7ccccc7c7ccccc7c6c5)cc(-n5c6ccccc6c6ccc(-c7ccccc7)cc65)c4)n3)cccc21. The number of benzene rings is 11. The van der Waals surface area contributed by atoms with Crippen molar-refractivity contribution in [2.75, 3.05) is 0 Å². The van der Waals surface area contributed by atoms with E-state index in [1.165, 1.54) is 76.5 Å². The number of nitrogens with zero attached hydrogens (tertiary/aromatic N) is 3. The Morgan fingerprint density at radius 3 is 1.59 bits per heavy atom. The van der Waals surface area contributed by atoms with Crippen LogP contribution in [0.4, 0.5) is 0 Å². The fourth-order valence-corrected chi connectivity index (χ4v) is 11.6. The van der Waals surface area contributed by atoms with Crippen LogP contribution in [0.2, 0.25) is 0 Å². The average Bonchev–Trinajstić information content (AvgIpc) is 3.88. The highest BCUT2D eigenvalue weighted by molar-refractivity contribution is 6.25. The summed E-state index contributed by atoms with van der Waals surface area (Å²) in [5.41, 5.74) is 17.8. The Morgan fingerprint density at radius 2 is 0.843 bits per heavy atom. The van der Waals surface area contributed by atoms with E-state index in [-0.39, 0.29) is 5.41 Å². The van der Waals surface area contributed by atoms with E-state index in [9.17, 15) is 0 Å². The zero-order valence-corrected chi connectivity index (χ0v) is 38.9. The van der Waals surface area contributed by atoms with Crippen LogP contribution < -0.4 is 0 Å². The summed E-state index contributed by atoms with van der Waals surface area (Å²) in [5, 5.41) is 9.92. The summed E-state index contributed by atoms with van der Waals surface area (Å²) in [4.78, 5) is 11.1. The standard InChI is InChI=1S/C67H45N3/c1-67(2)59-29-15-13-27-56(59)65-57(28-17-30-60(65)67)62-41-61(43-20-7-4-8-21-43)68-66(69-62)47-36-46(44-32-34-53-51-24-10-9-22-49(51)50-23-11-12-25-52(50)58(53)39-44)37-48(38-47)70-63-31-16-14-26-54(63)55-35-33-45(40-64(55)70)42-18-5-3-6-19-42/h3-41H,1-2H3. The van der Waals surface area contributed by atoms with Crippen LogP contribution in [0.25, 0.3) is 127 Å². The van der Waals surface area contributed by atoms with Gasteiger partial charge < -0.3 is 4.57 Å². The van der Waals surface area contributed by atoms with Gasteiger partial charge in [0.25, 0.3) is 0 Å². The first-order valence-corrected chi connectivity index (χ1v) is 24.2. The Kier molecular flexibility index (Phi) is 8.93. The smallest absolute Gasteiger partial charge is 0.160 e. The van der Waals surface area contributed by atoms with Gasteiger partial charge in [-0.25, -0.2) is 9.97 Å². The quantitative estimate of drug-likeness (QED) is 0.156. The first kappa shape index (κ1) is 40.2. The largest absolute Gasteiger partial charge is 0.309 e. The van der Waals surface area contributed by atoms with Gasteiger partial charge in [-0.1, -0.05) is 208 Å². The number of para-hydroxylation sites is 1. The molecule has 0 N–H and O–H groups in total. The summed E-state index contributed by atoms with van der Waals surface area (Å²) in [7, 11) is 0. The maximum atomic E-state index is 5.64. The van der Waals surface area contributed by atoms with Gasteiger partial charge in [0.05, 0.1) is 22.4 Å². The maximum absolute atomic E-state index is 5.64. The summed E-state index contributed by atoms with van der Waals surface area (Å²) < 4.78 is 2.44. The summed E-state index contributed by atoms with van der Waals surface area (Å²) >= 11 is 0. The topological polar surface area (TPSA) is 30.7 Å². The molecule has 3 nitrogen and oxygen atoms in total. The number of rotatable bonds is 6. The van der Waals surface area contributed by atoms with E-state index in [0.717, 1.165) is 55.9 Å². The third-order valence-corrected chi connectivity index (χ3v) is 15.0. The van der Waals surface area contributed by atoms with E-state index < -0.39 is 0 Å². The minimum atomic E-state index is -0.149. The minimum Gasteiger partial charge on any atom is -0.309 e. The van der Waals surface area contributed by atoms with Crippen molar-refractivity contribution in [2.45, 2.75) is 19.3 Å². The zero-order valence-electron chi connectivity index (χ0n) is 38.9. The van der Waals surface area contributed by atoms with Gasteiger partial charge in [-0.05, 0) is 119 Å². The van der Waals surface area contributed by atoms with Crippen LogP contribution in [-0.4, -0.2) is 14.5 Å². The molecule has 2 heterocycles. The molecule has 0 saturated carbocycles. The molecule has 0 bridgehead atoms. The van der Waals surface area contributed by atoms with Gasteiger partial charge in [0.15, 0.2) is 5.82 Å². The van der Waals surface area contributed by atoms with E-state index >= 15 is 0 Å². The fraction of sp³-hybridized carbons (Fsp3) is 0.0448. The van der Waals surface area contributed by atoms with Crippen LogP contribution in [0.15, 0.2) is 237 Å². The normalized spacial score (nSPS) is 12.8. The van der Waals surface area contributed by atoms with Crippen LogP contribution in [0.1, 0.15) is 25.0 Å². The number of hydrogen-bond donors (Lipinski definition) is 0. The molecule has 0 unspecified atom stereocenters. The van der Waals surface area contributed by atoms with E-state index in [1.807, 2.05) is 0 Å². The predicted molar refractivity (Wildman–Crippen MR) is 294 cm³/mol. The molecule has 0 radical (unpaired) electrons. The second kappa shape index (κ2) is 15.6. The second-order valence-corrected chi connectivity index (χ2v) is 19.3. The molecule has 1 aliphatic carbocycles. The van der Waals surface area contributed by atoms with Crippen molar-refractivity contribution >= 4 is 54.1 Å². The Hall–Kier alpha value is -8.92. The molecule has 11 aromatic carbocycles. The Bertz CT molecular complexity index is 4220. The Balaban J connectivity index is 1.06. The second-order valence-electron chi connectivity index (χ2n) is 19.3. The molecule has 2 aromatic heterocycles. The van der Waals surface area contributed by atoms with Crippen molar-refractivity contribution in [2.24, 2.45) is 0 Å². The minimum absolute atomic E-state index is 0.149. The van der Waals surface area contributed by atoms with Crippen LogP contribution in [0.5, 0.6) is 0 Å². The molecular weight excluding hydrogens is 847 g/mol. The molecule has 1 aliphatic rings. The van der Waals surface area contributed by atoms with Gasteiger partial charge in [-0.15, -0.1) is 0 Å². The predicted octanol–water partition coefficient (Wildman–Crippen LogP) is 17.7. The molecular formula is C67H45N3. The first-order valence-electron chi connectivity index (χ1n) is 24.2. The van der Waals surface area contributed by atoms with Crippen molar-refractivity contribution in [3.05, 3.63) is 248 Å². The molecule has 3 heteroatoms. The van der Waals surface area contributed by atoms with Crippen molar-refractivity contribution in [3.8, 4) is 73.0 Å². The number of fused-ring (bicyclic) bond motifs is 12. The molecule has 0 amide bonds. The molecule has 70 heavy (non-hydrogen) atoms. The van der Waals surface area contributed by atoms with Crippen molar-refractivity contribution in [1.82, 2.24) is 14.5 Å². The summed E-state index contributed by atoms with van der Waals surface area (Å²) in [6, 6.07) is 86.3. The Morgan fingerprint density at radius 1 is 0.314 bits per heavy atom. The zero-order chi connectivity index (χ0) is 46.5. The summed E-state index contributed by atoms with van der Waals surface area (Å²) in [5.74, 6) is 0.672. The van der Waals surface area contributed by atoms with E-state index in [0.29, 0.717) is 5.82 Å². The van der Waals surface area contributed by atoms with Gasteiger partial charge in [-0.3, -0.25) is 0 Å². The average molecular weight is 892 g/mol. The molecule has 14 rings (SSSR count). The Labute approximate surface area is 406 Å². The molecule has 0 saturated heterocycles. The molecule has 13 aromatic rings. The van der Waals surface area contributed by atoms with Gasteiger partial charge in [-0.2, -0.15) is 0 Å². The highest BCUT2D eigenvalue weighted by Crippen LogP contribution is 2.52. The van der Waals surface area contributed by atoms with Gasteiger partial charge in [0.1, 0.15) is 0 Å². The lowest BCUT2D eigenvalue weighted by Crippen LogP contribution is -2.14. The van der Waals surface area contributed by atoms with Crippen molar-refractivity contribution < 1.29 is 0 Å². The maximum Gasteiger partial charge on any atom is 0.160 e. The van der Waals surface area contributed by atoms with E-state index in [2.05, 4.69) is 255 Å². The fourth-order valence-electron chi connectivity index (χ4n) is 11.6. The highest BCUT2D eigenvalue weighted by atomic mass is 15.0.